The second-order valence-electron chi connectivity index (χ2n) is 3.46. The number of methoxy groups -OCH3 is 2. The van der Waals surface area contributed by atoms with E-state index in [4.69, 9.17) is 14.6 Å². The second kappa shape index (κ2) is 5.26. The van der Waals surface area contributed by atoms with Crippen LogP contribution in [0.4, 0.5) is 0 Å². The van der Waals surface area contributed by atoms with E-state index in [1.165, 1.54) is 7.11 Å². The summed E-state index contributed by atoms with van der Waals surface area (Å²) in [5, 5.41) is 8.54. The number of ether oxygens (including phenoxy) is 2. The first-order valence-corrected chi connectivity index (χ1v) is 4.98. The topological polar surface area (TPSA) is 55.8 Å². The first kappa shape index (κ1) is 12.9. The lowest BCUT2D eigenvalue weighted by atomic mass is 10.0. The molecule has 0 heterocycles. The molecule has 4 heteroatoms. The normalized spacial score (nSPS) is 9.18. The van der Waals surface area contributed by atoms with Crippen molar-refractivity contribution in [1.29, 1.82) is 0 Å². The molecule has 0 spiro atoms. The molecule has 0 fully saturated rings. The van der Waals surface area contributed by atoms with E-state index in [1.54, 1.807) is 13.2 Å². The number of hydrogen-bond donors (Lipinski definition) is 1. The Balaban J connectivity index is 3.44. The van der Waals surface area contributed by atoms with E-state index >= 15 is 0 Å². The van der Waals surface area contributed by atoms with Gasteiger partial charge in [0.25, 0.3) is 0 Å². The van der Waals surface area contributed by atoms with Gasteiger partial charge in [-0.15, -0.1) is 0 Å². The van der Waals surface area contributed by atoms with Crippen LogP contribution < -0.4 is 9.47 Å². The third-order valence-corrected chi connectivity index (χ3v) is 2.52. The smallest absolute Gasteiger partial charge is 0.382 e. The Morgan fingerprint density at radius 3 is 2.35 bits per heavy atom. The minimum absolute atomic E-state index is 0.509. The summed E-state index contributed by atoms with van der Waals surface area (Å²) in [6.07, 6.45) is 0. The lowest BCUT2D eigenvalue weighted by Gasteiger charge is -2.13. The molecule has 1 aromatic carbocycles. The van der Waals surface area contributed by atoms with Gasteiger partial charge < -0.3 is 14.6 Å². The zero-order chi connectivity index (χ0) is 13.0. The number of carbonyl (C=O) groups is 1. The Morgan fingerprint density at radius 1 is 1.24 bits per heavy atom. The molecule has 90 valence electrons. The molecule has 1 rings (SSSR count). The number of carboxylic acids is 1. The maximum Gasteiger partial charge on any atom is 0.382 e. The molecule has 0 atom stereocenters. The van der Waals surface area contributed by atoms with Crippen LogP contribution in [0.3, 0.4) is 0 Å². The van der Waals surface area contributed by atoms with Crippen LogP contribution in [0.2, 0.25) is 0 Å². The first-order valence-electron chi connectivity index (χ1n) is 4.98. The van der Waals surface area contributed by atoms with Gasteiger partial charge in [-0.25, -0.2) is 4.79 Å². The molecule has 0 radical (unpaired) electrons. The standard InChI is InChI=1S/C13H14O4/c1-8-9(2)13(17-4)10(5-6-12(14)15)7-11(8)16-3/h7H,1-4H3,(H,14,15). The van der Waals surface area contributed by atoms with Gasteiger partial charge in [-0.3, -0.25) is 0 Å². The summed E-state index contributed by atoms with van der Waals surface area (Å²) in [6, 6.07) is 1.68. The molecule has 0 bridgehead atoms. The van der Waals surface area contributed by atoms with Gasteiger partial charge in [0.05, 0.1) is 19.8 Å². The van der Waals surface area contributed by atoms with Crippen molar-refractivity contribution >= 4 is 5.97 Å². The number of hydrogen-bond acceptors (Lipinski definition) is 3. The van der Waals surface area contributed by atoms with Crippen LogP contribution in [0.1, 0.15) is 16.7 Å². The molecular formula is C13H14O4. The third-order valence-electron chi connectivity index (χ3n) is 2.52. The summed E-state index contributed by atoms with van der Waals surface area (Å²) in [5.41, 5.74) is 2.35. The average molecular weight is 234 g/mol. The quantitative estimate of drug-likeness (QED) is 0.792. The fourth-order valence-corrected chi connectivity index (χ4v) is 1.55. The molecule has 1 N–H and O–H groups in total. The van der Waals surface area contributed by atoms with Crippen molar-refractivity contribution in [3.63, 3.8) is 0 Å². The summed E-state index contributed by atoms with van der Waals surface area (Å²) in [4.78, 5) is 10.4. The molecule has 0 aliphatic rings. The highest BCUT2D eigenvalue weighted by atomic mass is 16.5. The van der Waals surface area contributed by atoms with E-state index < -0.39 is 5.97 Å². The highest BCUT2D eigenvalue weighted by Crippen LogP contribution is 2.32. The maximum atomic E-state index is 10.4. The van der Waals surface area contributed by atoms with Gasteiger partial charge >= 0.3 is 5.97 Å². The Kier molecular flexibility index (Phi) is 4.00. The lowest BCUT2D eigenvalue weighted by Crippen LogP contribution is -1.98. The Bertz CT molecular complexity index is 506. The molecule has 0 aliphatic heterocycles. The van der Waals surface area contributed by atoms with Crippen LogP contribution >= 0.6 is 0 Å². The molecule has 0 unspecified atom stereocenters. The van der Waals surface area contributed by atoms with E-state index in [1.807, 2.05) is 13.8 Å². The summed E-state index contributed by atoms with van der Waals surface area (Å²) >= 11 is 0. The maximum absolute atomic E-state index is 10.4. The number of aliphatic carboxylic acids is 1. The van der Waals surface area contributed by atoms with Gasteiger partial charge in [-0.05, 0) is 31.0 Å². The van der Waals surface area contributed by atoms with Crippen molar-refractivity contribution in [2.24, 2.45) is 0 Å². The minimum atomic E-state index is -1.18. The van der Waals surface area contributed by atoms with Crippen LogP contribution in [0, 0.1) is 25.7 Å². The molecule has 0 saturated carbocycles. The molecule has 0 amide bonds. The van der Waals surface area contributed by atoms with Crippen LogP contribution in [-0.4, -0.2) is 25.3 Å². The number of rotatable bonds is 2. The molecule has 17 heavy (non-hydrogen) atoms. The zero-order valence-electron chi connectivity index (χ0n) is 10.2. The Labute approximate surface area is 100 Å². The summed E-state index contributed by atoms with van der Waals surface area (Å²) in [6.45, 7) is 3.79. The van der Waals surface area contributed by atoms with E-state index in [2.05, 4.69) is 11.8 Å². The van der Waals surface area contributed by atoms with Crippen LogP contribution in [0.15, 0.2) is 6.07 Å². The van der Waals surface area contributed by atoms with E-state index in [-0.39, 0.29) is 0 Å². The second-order valence-corrected chi connectivity index (χ2v) is 3.46. The highest BCUT2D eigenvalue weighted by molar-refractivity contribution is 5.87. The van der Waals surface area contributed by atoms with Crippen molar-refractivity contribution in [3.05, 3.63) is 22.8 Å². The van der Waals surface area contributed by atoms with E-state index in [9.17, 15) is 4.79 Å². The van der Waals surface area contributed by atoms with Crippen molar-refractivity contribution in [3.8, 4) is 23.3 Å². The summed E-state index contributed by atoms with van der Waals surface area (Å²) in [7, 11) is 3.09. The van der Waals surface area contributed by atoms with Crippen molar-refractivity contribution < 1.29 is 19.4 Å². The monoisotopic (exact) mass is 234 g/mol. The highest BCUT2D eigenvalue weighted by Gasteiger charge is 2.12. The van der Waals surface area contributed by atoms with Crippen LogP contribution in [-0.2, 0) is 4.79 Å². The average Bonchev–Trinajstić information content (AvgIpc) is 2.30. The largest absolute Gasteiger partial charge is 0.496 e. The van der Waals surface area contributed by atoms with Crippen LogP contribution in [0.5, 0.6) is 11.5 Å². The lowest BCUT2D eigenvalue weighted by molar-refractivity contribution is -0.130. The Hall–Kier alpha value is -2.15. The molecule has 1 aromatic rings. The van der Waals surface area contributed by atoms with Gasteiger partial charge in [0, 0.05) is 5.92 Å². The first-order chi connectivity index (χ1) is 8.01. The van der Waals surface area contributed by atoms with Crippen molar-refractivity contribution in [2.45, 2.75) is 13.8 Å². The van der Waals surface area contributed by atoms with Crippen molar-refractivity contribution in [1.82, 2.24) is 0 Å². The van der Waals surface area contributed by atoms with Gasteiger partial charge in [0.2, 0.25) is 0 Å². The van der Waals surface area contributed by atoms with Crippen LogP contribution in [0.25, 0.3) is 0 Å². The predicted octanol–water partition coefficient (Wildman–Crippen LogP) is 1.76. The van der Waals surface area contributed by atoms with E-state index in [0.717, 1.165) is 11.1 Å². The minimum Gasteiger partial charge on any atom is -0.496 e. The zero-order valence-corrected chi connectivity index (χ0v) is 10.2. The van der Waals surface area contributed by atoms with Gasteiger partial charge in [0.1, 0.15) is 11.5 Å². The predicted molar refractivity (Wildman–Crippen MR) is 63.5 cm³/mol. The van der Waals surface area contributed by atoms with Gasteiger partial charge in [-0.2, -0.15) is 0 Å². The van der Waals surface area contributed by atoms with E-state index in [0.29, 0.717) is 17.1 Å². The molecule has 4 nitrogen and oxygen atoms in total. The van der Waals surface area contributed by atoms with Crippen molar-refractivity contribution in [2.75, 3.05) is 14.2 Å². The molecular weight excluding hydrogens is 220 g/mol. The fraction of sp³-hybridized carbons (Fsp3) is 0.308. The molecule has 0 saturated heterocycles. The fourth-order valence-electron chi connectivity index (χ4n) is 1.55. The third kappa shape index (κ3) is 2.70. The summed E-state index contributed by atoms with van der Waals surface area (Å²) in [5.74, 6) is 4.69. The van der Waals surface area contributed by atoms with Gasteiger partial charge in [-0.1, -0.05) is 5.92 Å². The van der Waals surface area contributed by atoms with Gasteiger partial charge in [0.15, 0.2) is 0 Å². The SMILES string of the molecule is COc1cc(C#CC(=O)O)c(OC)c(C)c1C. The number of benzene rings is 1. The molecule has 0 aromatic heterocycles. The Morgan fingerprint density at radius 2 is 1.88 bits per heavy atom. The molecule has 0 aliphatic carbocycles. The number of carboxylic acid groups (broad SMARTS) is 1. The summed E-state index contributed by atoms with van der Waals surface area (Å²) < 4.78 is 10.4.